The summed E-state index contributed by atoms with van der Waals surface area (Å²) in [5, 5.41) is 10.2. The molecule has 1 aliphatic rings. The summed E-state index contributed by atoms with van der Waals surface area (Å²) in [6.07, 6.45) is 3.34. The second-order valence-corrected chi connectivity index (χ2v) is 4.55. The van der Waals surface area contributed by atoms with Crippen molar-refractivity contribution >= 4 is 5.95 Å². The van der Waals surface area contributed by atoms with Crippen LogP contribution in [0.15, 0.2) is 0 Å². The lowest BCUT2D eigenvalue weighted by Crippen LogP contribution is -2.42. The molecule has 0 aromatic carbocycles. The van der Waals surface area contributed by atoms with Gasteiger partial charge in [-0.2, -0.15) is 4.98 Å². The third-order valence-electron chi connectivity index (χ3n) is 3.38. The smallest absolute Gasteiger partial charge is 0.239 e. The molecule has 0 unspecified atom stereocenters. The van der Waals surface area contributed by atoms with Crippen LogP contribution in [-0.4, -0.2) is 52.3 Å². The highest BCUT2D eigenvalue weighted by Crippen LogP contribution is 2.09. The molecule has 1 fully saturated rings. The fourth-order valence-corrected chi connectivity index (χ4v) is 2.27. The van der Waals surface area contributed by atoms with Crippen LogP contribution >= 0.6 is 0 Å². The lowest BCUT2D eigenvalue weighted by Gasteiger charge is -2.31. The number of likely N-dealkylation sites (tertiary alicyclic amines) is 1. The van der Waals surface area contributed by atoms with E-state index in [0.29, 0.717) is 12.0 Å². The van der Waals surface area contributed by atoms with Gasteiger partial charge in [-0.05, 0) is 32.5 Å². The average Bonchev–Trinajstić information content (AvgIpc) is 2.76. The Morgan fingerprint density at radius 1 is 1.47 bits per heavy atom. The van der Waals surface area contributed by atoms with E-state index in [1.54, 1.807) is 0 Å². The molecule has 1 aromatic rings. The Kier molecular flexibility index (Phi) is 4.33. The van der Waals surface area contributed by atoms with Crippen molar-refractivity contribution in [2.45, 2.75) is 32.2 Å². The maximum absolute atomic E-state index is 5.44. The van der Waals surface area contributed by atoms with Gasteiger partial charge >= 0.3 is 0 Å². The summed E-state index contributed by atoms with van der Waals surface area (Å²) in [7, 11) is 0. The summed E-state index contributed by atoms with van der Waals surface area (Å²) in [6, 6.07) is 0.651. The summed E-state index contributed by atoms with van der Waals surface area (Å²) in [6.45, 7) is 6.75. The topological polar surface area (TPSA) is 82.9 Å². The van der Waals surface area contributed by atoms with Gasteiger partial charge in [-0.25, -0.2) is 0 Å². The van der Waals surface area contributed by atoms with E-state index in [1.807, 2.05) is 0 Å². The van der Waals surface area contributed by atoms with Crippen molar-refractivity contribution in [2.75, 3.05) is 31.9 Å². The number of hydrogen-bond donors (Lipinski definition) is 3. The van der Waals surface area contributed by atoms with E-state index in [0.717, 1.165) is 18.8 Å². The maximum Gasteiger partial charge on any atom is 0.239 e. The molecular formula is C11H22N6. The minimum absolute atomic E-state index is 0.330. The number of aromatic nitrogens is 3. The number of nitrogens with zero attached hydrogens (tertiary/aromatic N) is 3. The molecule has 0 atom stereocenters. The Morgan fingerprint density at radius 3 is 2.82 bits per heavy atom. The number of aromatic amines is 1. The van der Waals surface area contributed by atoms with Crippen LogP contribution in [0.2, 0.25) is 0 Å². The van der Waals surface area contributed by atoms with Gasteiger partial charge in [0.1, 0.15) is 5.82 Å². The van der Waals surface area contributed by atoms with Gasteiger partial charge in [-0.3, -0.25) is 5.10 Å². The first-order valence-corrected chi connectivity index (χ1v) is 6.40. The molecule has 0 bridgehead atoms. The van der Waals surface area contributed by atoms with Crippen molar-refractivity contribution in [2.24, 2.45) is 0 Å². The lowest BCUT2D eigenvalue weighted by atomic mass is 10.1. The van der Waals surface area contributed by atoms with Crippen LogP contribution in [-0.2, 0) is 6.42 Å². The van der Waals surface area contributed by atoms with Crippen LogP contribution in [0.25, 0.3) is 0 Å². The quantitative estimate of drug-likeness (QED) is 0.673. The van der Waals surface area contributed by atoms with Crippen LogP contribution in [0.3, 0.4) is 0 Å². The van der Waals surface area contributed by atoms with Gasteiger partial charge in [-0.15, -0.1) is 5.10 Å². The van der Waals surface area contributed by atoms with Crippen LogP contribution in [0, 0.1) is 0 Å². The van der Waals surface area contributed by atoms with E-state index in [-0.39, 0.29) is 0 Å². The second-order valence-electron chi connectivity index (χ2n) is 4.55. The highest BCUT2D eigenvalue weighted by Gasteiger charge is 2.17. The van der Waals surface area contributed by atoms with Crippen LogP contribution < -0.4 is 11.1 Å². The van der Waals surface area contributed by atoms with Gasteiger partial charge in [-0.1, -0.05) is 6.92 Å². The molecule has 0 saturated carbocycles. The summed E-state index contributed by atoms with van der Waals surface area (Å²) in [5.74, 6) is 1.19. The summed E-state index contributed by atoms with van der Waals surface area (Å²) < 4.78 is 0. The molecule has 0 spiro atoms. The van der Waals surface area contributed by atoms with Gasteiger partial charge in [0.25, 0.3) is 0 Å². The number of nitrogen functional groups attached to an aromatic ring is 1. The molecule has 1 saturated heterocycles. The summed E-state index contributed by atoms with van der Waals surface area (Å²) in [4.78, 5) is 6.58. The molecule has 1 aromatic heterocycles. The van der Waals surface area contributed by atoms with Gasteiger partial charge < -0.3 is 16.0 Å². The molecule has 0 amide bonds. The Bertz CT molecular complexity index is 328. The normalized spacial score (nSPS) is 18.6. The maximum atomic E-state index is 5.44. The number of H-pyrrole nitrogens is 1. The molecule has 4 N–H and O–H groups in total. The molecule has 2 heterocycles. The number of nitrogens with two attached hydrogens (primary N) is 1. The highest BCUT2D eigenvalue weighted by atomic mass is 15.3. The molecule has 0 aliphatic carbocycles. The van der Waals surface area contributed by atoms with E-state index >= 15 is 0 Å². The Labute approximate surface area is 102 Å². The Balaban J connectivity index is 1.63. The SMILES string of the molecule is CCN1CCC(NCCc2nc(N)n[nH]2)CC1. The van der Waals surface area contributed by atoms with Gasteiger partial charge in [0, 0.05) is 19.0 Å². The van der Waals surface area contributed by atoms with Crippen LogP contribution in [0.1, 0.15) is 25.6 Å². The largest absolute Gasteiger partial charge is 0.367 e. The molecular weight excluding hydrogens is 216 g/mol. The zero-order valence-electron chi connectivity index (χ0n) is 10.4. The van der Waals surface area contributed by atoms with Gasteiger partial charge in [0.05, 0.1) is 0 Å². The van der Waals surface area contributed by atoms with Crippen molar-refractivity contribution < 1.29 is 0 Å². The number of nitrogens with one attached hydrogen (secondary N) is 2. The third kappa shape index (κ3) is 3.67. The fraction of sp³-hybridized carbons (Fsp3) is 0.818. The minimum Gasteiger partial charge on any atom is -0.367 e. The first-order valence-electron chi connectivity index (χ1n) is 6.40. The second kappa shape index (κ2) is 5.97. The zero-order valence-corrected chi connectivity index (χ0v) is 10.4. The minimum atomic E-state index is 0.330. The molecule has 0 radical (unpaired) electrons. The van der Waals surface area contributed by atoms with E-state index < -0.39 is 0 Å². The van der Waals surface area contributed by atoms with Crippen LogP contribution in [0.4, 0.5) is 5.95 Å². The van der Waals surface area contributed by atoms with Crippen molar-refractivity contribution in [3.8, 4) is 0 Å². The third-order valence-corrected chi connectivity index (χ3v) is 3.38. The first kappa shape index (κ1) is 12.3. The standard InChI is InChI=1S/C11H22N6/c1-2-17-7-4-9(5-8-17)13-6-3-10-14-11(12)16-15-10/h9,13H,2-8H2,1H3,(H3,12,14,15,16). The van der Waals surface area contributed by atoms with E-state index in [1.165, 1.54) is 32.5 Å². The summed E-state index contributed by atoms with van der Waals surface area (Å²) >= 11 is 0. The lowest BCUT2D eigenvalue weighted by molar-refractivity contribution is 0.207. The number of anilines is 1. The van der Waals surface area contributed by atoms with Gasteiger partial charge in [0.2, 0.25) is 5.95 Å². The van der Waals surface area contributed by atoms with Crippen molar-refractivity contribution in [1.82, 2.24) is 25.4 Å². The molecule has 17 heavy (non-hydrogen) atoms. The van der Waals surface area contributed by atoms with Crippen molar-refractivity contribution in [3.63, 3.8) is 0 Å². The van der Waals surface area contributed by atoms with E-state index in [9.17, 15) is 0 Å². The summed E-state index contributed by atoms with van der Waals surface area (Å²) in [5.41, 5.74) is 5.44. The molecule has 6 nitrogen and oxygen atoms in total. The average molecular weight is 238 g/mol. The number of piperidine rings is 1. The molecule has 6 heteroatoms. The molecule has 1 aliphatic heterocycles. The zero-order chi connectivity index (χ0) is 12.1. The number of hydrogen-bond acceptors (Lipinski definition) is 5. The molecule has 2 rings (SSSR count). The number of rotatable bonds is 5. The van der Waals surface area contributed by atoms with Gasteiger partial charge in [0.15, 0.2) is 0 Å². The predicted octanol–water partition coefficient (Wildman–Crippen LogP) is 0.00330. The fourth-order valence-electron chi connectivity index (χ4n) is 2.27. The monoisotopic (exact) mass is 238 g/mol. The predicted molar refractivity (Wildman–Crippen MR) is 67.6 cm³/mol. The highest BCUT2D eigenvalue weighted by molar-refractivity contribution is 5.12. The Hall–Kier alpha value is -1.14. The van der Waals surface area contributed by atoms with Crippen molar-refractivity contribution in [3.05, 3.63) is 5.82 Å². The first-order chi connectivity index (χ1) is 8.28. The van der Waals surface area contributed by atoms with E-state index in [2.05, 4.69) is 32.3 Å². The molecule has 96 valence electrons. The Morgan fingerprint density at radius 2 is 2.24 bits per heavy atom. The van der Waals surface area contributed by atoms with Crippen LogP contribution in [0.5, 0.6) is 0 Å². The van der Waals surface area contributed by atoms with Crippen molar-refractivity contribution in [1.29, 1.82) is 0 Å². The van der Waals surface area contributed by atoms with E-state index in [4.69, 9.17) is 5.73 Å².